The van der Waals surface area contributed by atoms with Gasteiger partial charge in [-0.2, -0.15) is 0 Å². The highest BCUT2D eigenvalue weighted by Gasteiger charge is 2.11. The monoisotopic (exact) mass is 287 g/mol. The van der Waals surface area contributed by atoms with Crippen molar-refractivity contribution in [2.75, 3.05) is 7.11 Å². The maximum absolute atomic E-state index is 14.0. The molecule has 2 rings (SSSR count). The second kappa shape index (κ2) is 6.26. The Hall–Kier alpha value is -2.56. The Labute approximate surface area is 121 Å². The molecule has 21 heavy (non-hydrogen) atoms. The van der Waals surface area contributed by atoms with Crippen molar-refractivity contribution in [2.45, 2.75) is 13.3 Å². The van der Waals surface area contributed by atoms with Gasteiger partial charge in [0.2, 0.25) is 0 Å². The average Bonchev–Trinajstić information content (AvgIpc) is 2.48. The summed E-state index contributed by atoms with van der Waals surface area (Å²) < 4.78 is 18.5. The van der Waals surface area contributed by atoms with Crippen molar-refractivity contribution in [1.82, 2.24) is 4.98 Å². The van der Waals surface area contributed by atoms with Crippen molar-refractivity contribution in [3.8, 4) is 0 Å². The molecule has 0 saturated carbocycles. The van der Waals surface area contributed by atoms with Gasteiger partial charge in [-0.3, -0.25) is 9.78 Å². The minimum atomic E-state index is -0.583. The number of esters is 1. The van der Waals surface area contributed by atoms with Crippen LogP contribution in [0, 0.1) is 5.82 Å². The SMILES string of the molecule is COC(=O)c1ccc(Cc2cncc(C(C)=O)c2)c(F)c1. The summed E-state index contributed by atoms with van der Waals surface area (Å²) in [5, 5.41) is 0. The van der Waals surface area contributed by atoms with Gasteiger partial charge < -0.3 is 4.74 Å². The number of carbonyl (C=O) groups excluding carboxylic acids is 2. The van der Waals surface area contributed by atoms with Gasteiger partial charge in [0.25, 0.3) is 0 Å². The molecule has 0 unspecified atom stereocenters. The van der Waals surface area contributed by atoms with Crippen LogP contribution in [-0.2, 0) is 11.2 Å². The lowest BCUT2D eigenvalue weighted by atomic mass is 10.0. The molecule has 0 aliphatic carbocycles. The molecule has 1 aromatic carbocycles. The zero-order valence-electron chi connectivity index (χ0n) is 11.7. The highest BCUT2D eigenvalue weighted by atomic mass is 19.1. The Morgan fingerprint density at radius 2 is 1.95 bits per heavy atom. The van der Waals surface area contributed by atoms with E-state index in [9.17, 15) is 14.0 Å². The summed E-state index contributed by atoms with van der Waals surface area (Å²) in [5.41, 5.74) is 1.80. The van der Waals surface area contributed by atoms with Crippen LogP contribution in [0.3, 0.4) is 0 Å². The second-order valence-corrected chi connectivity index (χ2v) is 4.61. The van der Waals surface area contributed by atoms with Gasteiger partial charge in [-0.25, -0.2) is 9.18 Å². The molecule has 0 fully saturated rings. The number of ketones is 1. The average molecular weight is 287 g/mol. The number of ether oxygens (including phenoxy) is 1. The number of rotatable bonds is 4. The number of methoxy groups -OCH3 is 1. The molecule has 108 valence electrons. The van der Waals surface area contributed by atoms with Crippen LogP contribution in [0.2, 0.25) is 0 Å². The number of pyridine rings is 1. The molecule has 0 N–H and O–H groups in total. The summed E-state index contributed by atoms with van der Waals surface area (Å²) in [6, 6.07) is 5.86. The number of hydrogen-bond acceptors (Lipinski definition) is 4. The van der Waals surface area contributed by atoms with Crippen LogP contribution in [0.15, 0.2) is 36.7 Å². The zero-order valence-corrected chi connectivity index (χ0v) is 11.7. The number of aromatic nitrogens is 1. The molecule has 0 amide bonds. The fraction of sp³-hybridized carbons (Fsp3) is 0.188. The predicted molar refractivity (Wildman–Crippen MR) is 74.8 cm³/mol. The number of nitrogens with zero attached hydrogens (tertiary/aromatic N) is 1. The van der Waals surface area contributed by atoms with Crippen LogP contribution in [0.4, 0.5) is 4.39 Å². The maximum atomic E-state index is 14.0. The maximum Gasteiger partial charge on any atom is 0.337 e. The van der Waals surface area contributed by atoms with Gasteiger partial charge in [0.05, 0.1) is 12.7 Å². The lowest BCUT2D eigenvalue weighted by Gasteiger charge is -2.06. The summed E-state index contributed by atoms with van der Waals surface area (Å²) in [6.45, 7) is 1.45. The third-order valence-electron chi connectivity index (χ3n) is 3.07. The zero-order chi connectivity index (χ0) is 15.4. The fourth-order valence-electron chi connectivity index (χ4n) is 1.93. The molecule has 0 bridgehead atoms. The Balaban J connectivity index is 2.26. The van der Waals surface area contributed by atoms with Crippen LogP contribution in [-0.4, -0.2) is 23.8 Å². The summed E-state index contributed by atoms with van der Waals surface area (Å²) in [6.07, 6.45) is 3.35. The van der Waals surface area contributed by atoms with Crippen molar-refractivity contribution in [3.63, 3.8) is 0 Å². The molecule has 1 heterocycles. The summed E-state index contributed by atoms with van der Waals surface area (Å²) in [5.74, 6) is -1.17. The van der Waals surface area contributed by atoms with E-state index < -0.39 is 11.8 Å². The highest BCUT2D eigenvalue weighted by Crippen LogP contribution is 2.16. The van der Waals surface area contributed by atoms with E-state index in [2.05, 4.69) is 9.72 Å². The smallest absolute Gasteiger partial charge is 0.337 e. The van der Waals surface area contributed by atoms with E-state index in [4.69, 9.17) is 0 Å². The van der Waals surface area contributed by atoms with E-state index in [1.807, 2.05) is 0 Å². The Morgan fingerprint density at radius 3 is 2.57 bits per heavy atom. The van der Waals surface area contributed by atoms with Crippen LogP contribution < -0.4 is 0 Å². The van der Waals surface area contributed by atoms with Crippen molar-refractivity contribution in [3.05, 3.63) is 64.7 Å². The second-order valence-electron chi connectivity index (χ2n) is 4.61. The summed E-state index contributed by atoms with van der Waals surface area (Å²) in [4.78, 5) is 26.6. The fourth-order valence-corrected chi connectivity index (χ4v) is 1.93. The van der Waals surface area contributed by atoms with Gasteiger partial charge >= 0.3 is 5.97 Å². The molecule has 4 nitrogen and oxygen atoms in total. The molecule has 1 aromatic heterocycles. The van der Waals surface area contributed by atoms with Crippen molar-refractivity contribution in [1.29, 1.82) is 0 Å². The Bertz CT molecular complexity index is 698. The molecule has 0 aliphatic rings. The van der Waals surface area contributed by atoms with Crippen LogP contribution in [0.1, 0.15) is 38.8 Å². The first-order chi connectivity index (χ1) is 10.0. The van der Waals surface area contributed by atoms with Crippen molar-refractivity contribution in [2.24, 2.45) is 0 Å². The Kier molecular flexibility index (Phi) is 4.42. The van der Waals surface area contributed by atoms with Crippen molar-refractivity contribution >= 4 is 11.8 Å². The van der Waals surface area contributed by atoms with E-state index >= 15 is 0 Å². The molecule has 0 spiro atoms. The van der Waals surface area contributed by atoms with E-state index in [1.54, 1.807) is 12.3 Å². The molecular formula is C16H14FNO3. The standard InChI is InChI=1S/C16H14FNO3/c1-10(19)14-6-11(8-18-9-14)5-12-3-4-13(7-15(12)17)16(20)21-2/h3-4,6-9H,5H2,1-2H3. The first-order valence-electron chi connectivity index (χ1n) is 6.33. The molecule has 2 aromatic rings. The van der Waals surface area contributed by atoms with Gasteiger partial charge in [-0.05, 0) is 36.2 Å². The quantitative estimate of drug-likeness (QED) is 0.641. The number of benzene rings is 1. The lowest BCUT2D eigenvalue weighted by molar-refractivity contribution is 0.0600. The van der Waals surface area contributed by atoms with E-state index in [0.29, 0.717) is 17.5 Å². The summed E-state index contributed by atoms with van der Waals surface area (Å²) >= 11 is 0. The Morgan fingerprint density at radius 1 is 1.19 bits per heavy atom. The van der Waals surface area contributed by atoms with E-state index in [-0.39, 0.29) is 11.3 Å². The number of carbonyl (C=O) groups is 2. The van der Waals surface area contributed by atoms with Crippen LogP contribution in [0.5, 0.6) is 0 Å². The minimum Gasteiger partial charge on any atom is -0.465 e. The largest absolute Gasteiger partial charge is 0.465 e. The number of Topliss-reactive ketones (excluding diaryl/α,β-unsaturated/α-hetero) is 1. The first kappa shape index (κ1) is 14.8. The number of hydrogen-bond donors (Lipinski definition) is 0. The highest BCUT2D eigenvalue weighted by molar-refractivity contribution is 5.93. The normalized spacial score (nSPS) is 10.2. The van der Waals surface area contributed by atoms with Crippen LogP contribution in [0.25, 0.3) is 0 Å². The van der Waals surface area contributed by atoms with Gasteiger partial charge in [0.1, 0.15) is 5.82 Å². The third-order valence-corrected chi connectivity index (χ3v) is 3.07. The van der Waals surface area contributed by atoms with Gasteiger partial charge in [-0.15, -0.1) is 0 Å². The lowest BCUT2D eigenvalue weighted by Crippen LogP contribution is -2.03. The van der Waals surface area contributed by atoms with Gasteiger partial charge in [0.15, 0.2) is 5.78 Å². The minimum absolute atomic E-state index is 0.0918. The topological polar surface area (TPSA) is 56.3 Å². The predicted octanol–water partition coefficient (Wildman–Crippen LogP) is 2.80. The van der Waals surface area contributed by atoms with Crippen molar-refractivity contribution < 1.29 is 18.7 Å². The molecular weight excluding hydrogens is 273 g/mol. The summed E-state index contributed by atoms with van der Waals surface area (Å²) in [7, 11) is 1.24. The van der Waals surface area contributed by atoms with E-state index in [0.717, 1.165) is 11.6 Å². The van der Waals surface area contributed by atoms with E-state index in [1.165, 1.54) is 32.4 Å². The molecule has 5 heteroatoms. The number of halogens is 1. The van der Waals surface area contributed by atoms with Crippen LogP contribution >= 0.6 is 0 Å². The first-order valence-corrected chi connectivity index (χ1v) is 6.33. The molecule has 0 saturated heterocycles. The third kappa shape index (κ3) is 3.51. The molecule has 0 atom stereocenters. The van der Waals surface area contributed by atoms with Gasteiger partial charge in [0, 0.05) is 24.4 Å². The molecule has 0 radical (unpaired) electrons. The molecule has 0 aliphatic heterocycles. The van der Waals surface area contributed by atoms with Gasteiger partial charge in [-0.1, -0.05) is 6.07 Å².